The Hall–Kier alpha value is -0.980. The second kappa shape index (κ2) is 3.06. The molecule has 72 valence electrons. The van der Waals surface area contributed by atoms with Crippen LogP contribution in [0.25, 0.3) is 0 Å². The van der Waals surface area contributed by atoms with Crippen LogP contribution in [0.5, 0.6) is 0 Å². The van der Waals surface area contributed by atoms with Crippen molar-refractivity contribution >= 4 is 0 Å². The molecule has 2 rings (SSSR count). The van der Waals surface area contributed by atoms with Crippen LogP contribution in [0.3, 0.4) is 0 Å². The molecule has 0 aliphatic carbocycles. The van der Waals surface area contributed by atoms with E-state index < -0.39 is 18.3 Å². The van der Waals surface area contributed by atoms with Gasteiger partial charge in [-0.05, 0) is 0 Å². The predicted molar refractivity (Wildman–Crippen MR) is 39.7 cm³/mol. The number of aliphatic hydroxyl groups is 2. The molecule has 6 heteroatoms. The Kier molecular flexibility index (Phi) is 2.03. The molecule has 0 amide bonds. The molecule has 0 spiro atoms. The van der Waals surface area contributed by atoms with Crippen molar-refractivity contribution in [1.82, 2.24) is 10.2 Å². The lowest BCUT2D eigenvalue weighted by molar-refractivity contribution is 0.00878. The zero-order valence-electron chi connectivity index (χ0n) is 7.04. The van der Waals surface area contributed by atoms with Gasteiger partial charge in [-0.15, -0.1) is 10.2 Å². The zero-order chi connectivity index (χ0) is 9.42. The number of aliphatic hydroxyl groups excluding tert-OH is 2. The van der Waals surface area contributed by atoms with Gasteiger partial charge in [-0.2, -0.15) is 0 Å². The molecule has 0 aromatic carbocycles. The van der Waals surface area contributed by atoms with Gasteiger partial charge in [0.1, 0.15) is 12.2 Å². The van der Waals surface area contributed by atoms with Gasteiger partial charge in [-0.1, -0.05) is 0 Å². The Labute approximate surface area is 74.2 Å². The zero-order valence-corrected chi connectivity index (χ0v) is 7.04. The summed E-state index contributed by atoms with van der Waals surface area (Å²) in [5.41, 5.74) is 0. The van der Waals surface area contributed by atoms with E-state index >= 15 is 0 Å². The van der Waals surface area contributed by atoms with Crippen molar-refractivity contribution in [3.63, 3.8) is 0 Å². The molecular weight excluding hydrogens is 176 g/mol. The van der Waals surface area contributed by atoms with Crippen molar-refractivity contribution in [2.24, 2.45) is 0 Å². The molecule has 0 saturated carbocycles. The number of hydrogen-bond donors (Lipinski definition) is 2. The summed E-state index contributed by atoms with van der Waals surface area (Å²) in [6.45, 7) is 1.74. The summed E-state index contributed by atoms with van der Waals surface area (Å²) in [6, 6.07) is 0. The quantitative estimate of drug-likeness (QED) is 0.595. The van der Waals surface area contributed by atoms with Crippen LogP contribution in [0.15, 0.2) is 4.42 Å². The molecule has 3 atom stereocenters. The second-order valence-electron chi connectivity index (χ2n) is 2.97. The fraction of sp³-hybridized carbons (Fsp3) is 0.714. The van der Waals surface area contributed by atoms with E-state index in [1.807, 2.05) is 0 Å². The Bertz CT molecular complexity index is 300. The van der Waals surface area contributed by atoms with E-state index in [2.05, 4.69) is 10.2 Å². The first-order valence-electron chi connectivity index (χ1n) is 3.96. The van der Waals surface area contributed by atoms with Crippen molar-refractivity contribution in [1.29, 1.82) is 0 Å². The topological polar surface area (TPSA) is 88.6 Å². The van der Waals surface area contributed by atoms with Gasteiger partial charge in [0.2, 0.25) is 11.8 Å². The van der Waals surface area contributed by atoms with E-state index in [1.54, 1.807) is 6.92 Å². The normalized spacial score (nSPS) is 33.9. The number of hydrogen-bond acceptors (Lipinski definition) is 6. The Morgan fingerprint density at radius 3 is 2.62 bits per heavy atom. The first kappa shape index (κ1) is 8.61. The second-order valence-corrected chi connectivity index (χ2v) is 2.97. The van der Waals surface area contributed by atoms with Gasteiger partial charge >= 0.3 is 0 Å². The van der Waals surface area contributed by atoms with Gasteiger partial charge in [-0.3, -0.25) is 0 Å². The lowest BCUT2D eigenvalue weighted by atomic mass is 10.1. The van der Waals surface area contributed by atoms with Crippen LogP contribution in [0.4, 0.5) is 0 Å². The largest absolute Gasteiger partial charge is 0.423 e. The third-order valence-electron chi connectivity index (χ3n) is 1.94. The minimum Gasteiger partial charge on any atom is -0.423 e. The third kappa shape index (κ3) is 1.43. The number of ether oxygens (including phenoxy) is 1. The van der Waals surface area contributed by atoms with E-state index in [0.717, 1.165) is 0 Å². The number of aromatic nitrogens is 2. The maximum Gasteiger partial charge on any atom is 0.247 e. The maximum absolute atomic E-state index is 9.42. The van der Waals surface area contributed by atoms with Gasteiger partial charge < -0.3 is 19.4 Å². The molecule has 1 aliphatic heterocycles. The molecule has 1 aliphatic rings. The van der Waals surface area contributed by atoms with E-state index in [9.17, 15) is 10.2 Å². The van der Waals surface area contributed by atoms with E-state index in [-0.39, 0.29) is 12.5 Å². The number of nitrogens with zero attached hydrogens (tertiary/aromatic N) is 2. The lowest BCUT2D eigenvalue weighted by Crippen LogP contribution is -2.25. The highest BCUT2D eigenvalue weighted by atomic mass is 16.5. The molecule has 6 nitrogen and oxygen atoms in total. The molecule has 0 radical (unpaired) electrons. The van der Waals surface area contributed by atoms with Crippen molar-refractivity contribution in [3.05, 3.63) is 11.8 Å². The number of rotatable bonds is 1. The molecule has 1 saturated heterocycles. The molecule has 1 aromatic heterocycles. The van der Waals surface area contributed by atoms with Gasteiger partial charge in [0.15, 0.2) is 6.10 Å². The smallest absolute Gasteiger partial charge is 0.247 e. The summed E-state index contributed by atoms with van der Waals surface area (Å²) >= 11 is 0. The Morgan fingerprint density at radius 2 is 2.15 bits per heavy atom. The highest BCUT2D eigenvalue weighted by Gasteiger charge is 2.38. The summed E-state index contributed by atoms with van der Waals surface area (Å²) in [4.78, 5) is 0. The van der Waals surface area contributed by atoms with Crippen molar-refractivity contribution in [3.8, 4) is 0 Å². The van der Waals surface area contributed by atoms with Crippen molar-refractivity contribution in [2.45, 2.75) is 25.2 Å². The Balaban J connectivity index is 2.18. The average Bonchev–Trinajstić information content (AvgIpc) is 2.62. The van der Waals surface area contributed by atoms with Gasteiger partial charge in [-0.25, -0.2) is 0 Å². The fourth-order valence-electron chi connectivity index (χ4n) is 1.25. The SMILES string of the molecule is Cc1nnc(C2OCC(O)C2O)o1. The first-order valence-corrected chi connectivity index (χ1v) is 3.96. The van der Waals surface area contributed by atoms with Crippen molar-refractivity contribution in [2.75, 3.05) is 6.61 Å². The van der Waals surface area contributed by atoms with Crippen LogP contribution in [0.2, 0.25) is 0 Å². The molecule has 2 N–H and O–H groups in total. The minimum atomic E-state index is -0.986. The summed E-state index contributed by atoms with van der Waals surface area (Å²) < 4.78 is 10.1. The van der Waals surface area contributed by atoms with Crippen LogP contribution < -0.4 is 0 Å². The molecular formula is C7H10N2O4. The number of aryl methyl sites for hydroxylation is 1. The Morgan fingerprint density at radius 1 is 1.38 bits per heavy atom. The maximum atomic E-state index is 9.42. The van der Waals surface area contributed by atoms with Gasteiger partial charge in [0.25, 0.3) is 0 Å². The molecule has 1 aromatic rings. The highest BCUT2D eigenvalue weighted by Crippen LogP contribution is 2.28. The summed E-state index contributed by atoms with van der Waals surface area (Å²) in [6.07, 6.45) is -2.56. The molecule has 13 heavy (non-hydrogen) atoms. The molecule has 0 bridgehead atoms. The predicted octanol–water partition coefficient (Wildman–Crippen LogP) is -0.829. The molecule has 2 heterocycles. The van der Waals surface area contributed by atoms with Crippen LogP contribution in [0.1, 0.15) is 17.9 Å². The van der Waals surface area contributed by atoms with Gasteiger partial charge in [0.05, 0.1) is 6.61 Å². The summed E-state index contributed by atoms with van der Waals surface area (Å²) in [5.74, 6) is 0.619. The molecule has 1 fully saturated rings. The fourth-order valence-corrected chi connectivity index (χ4v) is 1.25. The van der Waals surface area contributed by atoms with Crippen LogP contribution in [0, 0.1) is 6.92 Å². The van der Waals surface area contributed by atoms with E-state index in [0.29, 0.717) is 5.89 Å². The first-order chi connectivity index (χ1) is 6.18. The minimum absolute atomic E-state index is 0.0905. The van der Waals surface area contributed by atoms with E-state index in [4.69, 9.17) is 9.15 Å². The van der Waals surface area contributed by atoms with Crippen molar-refractivity contribution < 1.29 is 19.4 Å². The monoisotopic (exact) mass is 186 g/mol. The van der Waals surface area contributed by atoms with Gasteiger partial charge in [0, 0.05) is 6.92 Å². The molecule has 3 unspecified atom stereocenters. The summed E-state index contributed by atoms with van der Waals surface area (Å²) in [5, 5.41) is 25.9. The van der Waals surface area contributed by atoms with Crippen LogP contribution in [-0.2, 0) is 4.74 Å². The standard InChI is InChI=1S/C7H10N2O4/c1-3-8-9-7(13-3)6-5(11)4(10)2-12-6/h4-6,10-11H,2H2,1H3. The highest BCUT2D eigenvalue weighted by molar-refractivity contribution is 4.95. The third-order valence-corrected chi connectivity index (χ3v) is 1.94. The summed E-state index contributed by atoms with van der Waals surface area (Å²) in [7, 11) is 0. The van der Waals surface area contributed by atoms with Crippen LogP contribution in [-0.4, -0.2) is 39.2 Å². The van der Waals surface area contributed by atoms with Crippen LogP contribution >= 0.6 is 0 Å². The average molecular weight is 186 g/mol. The van der Waals surface area contributed by atoms with E-state index in [1.165, 1.54) is 0 Å². The lowest BCUT2D eigenvalue weighted by Gasteiger charge is -2.09.